The first-order valence-corrected chi connectivity index (χ1v) is 7.90. The highest BCUT2D eigenvalue weighted by atomic mass is 35.5. The Morgan fingerprint density at radius 1 is 1.60 bits per heavy atom. The Labute approximate surface area is 135 Å². The summed E-state index contributed by atoms with van der Waals surface area (Å²) in [5.74, 6) is 0.226. The number of carbonyl (C=O) groups is 1. The summed E-state index contributed by atoms with van der Waals surface area (Å²) in [7, 11) is 0. The molecule has 1 fully saturated rings. The van der Waals surface area contributed by atoms with Crippen molar-refractivity contribution in [2.75, 3.05) is 13.1 Å². The number of nitrogens with zero attached hydrogens (tertiary/aromatic N) is 1. The topological polar surface area (TPSA) is 46.3 Å². The Morgan fingerprint density at radius 2 is 2.30 bits per heavy atom. The monoisotopic (exact) mass is 336 g/mol. The summed E-state index contributed by atoms with van der Waals surface area (Å²) in [6, 6.07) is 2.13. The molecule has 1 aliphatic heterocycles. The molecule has 1 unspecified atom stereocenters. The van der Waals surface area contributed by atoms with Crippen molar-refractivity contribution in [2.45, 2.75) is 39.2 Å². The zero-order chi connectivity index (χ0) is 14.0. The first-order valence-electron chi connectivity index (χ1n) is 6.65. The molecular weight excluding hydrogens is 315 g/mol. The summed E-state index contributed by atoms with van der Waals surface area (Å²) in [5, 5.41) is 2.67. The van der Waals surface area contributed by atoms with Gasteiger partial charge in [-0.2, -0.15) is 0 Å². The number of carbonyl (C=O) groups excluding carboxylic acids is 1. The van der Waals surface area contributed by atoms with Gasteiger partial charge >= 0.3 is 0 Å². The van der Waals surface area contributed by atoms with E-state index in [1.807, 2.05) is 16.3 Å². The maximum atomic E-state index is 12.2. The van der Waals surface area contributed by atoms with Gasteiger partial charge in [-0.3, -0.25) is 4.79 Å². The molecule has 0 bridgehead atoms. The number of hydrogen-bond donors (Lipinski definition) is 1. The molecule has 1 aromatic heterocycles. The Bertz CT molecular complexity index is 462. The summed E-state index contributed by atoms with van der Waals surface area (Å²) >= 11 is 7.49. The highest BCUT2D eigenvalue weighted by Crippen LogP contribution is 2.28. The SMILES string of the molecule is CC1(C)CN(C(=O)CCc2cc(Cl)cs2)CCC1N.Cl. The smallest absolute Gasteiger partial charge is 0.222 e. The number of nitrogens with two attached hydrogens (primary N) is 1. The summed E-state index contributed by atoms with van der Waals surface area (Å²) in [6.45, 7) is 5.82. The number of hydrogen-bond acceptors (Lipinski definition) is 3. The molecule has 0 aromatic carbocycles. The lowest BCUT2D eigenvalue weighted by Gasteiger charge is -2.42. The van der Waals surface area contributed by atoms with Crippen LogP contribution in [0, 0.1) is 5.41 Å². The summed E-state index contributed by atoms with van der Waals surface area (Å²) < 4.78 is 0. The molecule has 0 radical (unpaired) electrons. The number of rotatable bonds is 3. The average Bonchev–Trinajstić information content (AvgIpc) is 2.75. The molecular formula is C14H22Cl2N2OS. The van der Waals surface area contributed by atoms with E-state index in [4.69, 9.17) is 17.3 Å². The first-order chi connectivity index (χ1) is 8.88. The first kappa shape index (κ1) is 17.8. The maximum Gasteiger partial charge on any atom is 0.222 e. The highest BCUT2D eigenvalue weighted by Gasteiger charge is 2.34. The van der Waals surface area contributed by atoms with Gasteiger partial charge in [0.2, 0.25) is 5.91 Å². The molecule has 2 rings (SSSR count). The number of thiophene rings is 1. The van der Waals surface area contributed by atoms with Crippen molar-refractivity contribution in [3.63, 3.8) is 0 Å². The van der Waals surface area contributed by atoms with Gasteiger partial charge in [-0.15, -0.1) is 23.7 Å². The Kier molecular flexibility index (Phi) is 6.32. The zero-order valence-electron chi connectivity index (χ0n) is 11.9. The molecule has 6 heteroatoms. The van der Waals surface area contributed by atoms with Gasteiger partial charge in [-0.25, -0.2) is 0 Å². The van der Waals surface area contributed by atoms with Crippen molar-refractivity contribution in [1.29, 1.82) is 0 Å². The fraction of sp³-hybridized carbons (Fsp3) is 0.643. The minimum atomic E-state index is 0. The van der Waals surface area contributed by atoms with E-state index in [0.717, 1.165) is 31.0 Å². The van der Waals surface area contributed by atoms with Crippen LogP contribution >= 0.6 is 35.3 Å². The van der Waals surface area contributed by atoms with Gasteiger partial charge in [0.1, 0.15) is 0 Å². The molecule has 1 atom stereocenters. The standard InChI is InChI=1S/C14H21ClN2OS.ClH/c1-14(2)9-17(6-5-12(14)16)13(18)4-3-11-7-10(15)8-19-11;/h7-8,12H,3-6,9,16H2,1-2H3;1H. The van der Waals surface area contributed by atoms with Crippen molar-refractivity contribution in [3.05, 3.63) is 21.3 Å². The van der Waals surface area contributed by atoms with E-state index in [0.29, 0.717) is 6.42 Å². The van der Waals surface area contributed by atoms with E-state index in [9.17, 15) is 4.79 Å². The van der Waals surface area contributed by atoms with Gasteiger partial charge < -0.3 is 10.6 Å². The predicted octanol–water partition coefficient (Wildman–Crippen LogP) is 3.34. The molecule has 0 saturated carbocycles. The largest absolute Gasteiger partial charge is 0.342 e. The third-order valence-electron chi connectivity index (χ3n) is 3.87. The number of amides is 1. The second-order valence-corrected chi connectivity index (χ2v) is 7.36. The lowest BCUT2D eigenvalue weighted by Crippen LogP contribution is -2.54. The molecule has 2 heterocycles. The second kappa shape index (κ2) is 7.12. The van der Waals surface area contributed by atoms with Crippen LogP contribution in [0.4, 0.5) is 0 Å². The van der Waals surface area contributed by atoms with Crippen LogP contribution < -0.4 is 5.73 Å². The van der Waals surface area contributed by atoms with Crippen molar-refractivity contribution in [1.82, 2.24) is 4.90 Å². The Morgan fingerprint density at radius 3 is 2.85 bits per heavy atom. The van der Waals surface area contributed by atoms with Gasteiger partial charge in [0.15, 0.2) is 0 Å². The van der Waals surface area contributed by atoms with Gasteiger partial charge in [0, 0.05) is 35.8 Å². The minimum absolute atomic E-state index is 0. The van der Waals surface area contributed by atoms with E-state index in [1.54, 1.807) is 11.3 Å². The van der Waals surface area contributed by atoms with E-state index in [2.05, 4.69) is 13.8 Å². The van der Waals surface area contributed by atoms with Crippen LogP contribution in [-0.4, -0.2) is 29.9 Å². The third kappa shape index (κ3) is 4.35. The molecule has 1 aliphatic rings. The number of aryl methyl sites for hydroxylation is 1. The number of halogens is 2. The van der Waals surface area contributed by atoms with Gasteiger partial charge in [0.05, 0.1) is 5.02 Å². The van der Waals surface area contributed by atoms with Gasteiger partial charge in [-0.05, 0) is 24.3 Å². The van der Waals surface area contributed by atoms with Gasteiger partial charge in [-0.1, -0.05) is 25.4 Å². The van der Waals surface area contributed by atoms with Crippen molar-refractivity contribution in [2.24, 2.45) is 11.1 Å². The average molecular weight is 337 g/mol. The van der Waals surface area contributed by atoms with E-state index < -0.39 is 0 Å². The normalized spacial score (nSPS) is 21.4. The molecule has 114 valence electrons. The Hall–Kier alpha value is -0.290. The predicted molar refractivity (Wildman–Crippen MR) is 87.9 cm³/mol. The van der Waals surface area contributed by atoms with Crippen molar-refractivity contribution >= 4 is 41.3 Å². The summed E-state index contributed by atoms with van der Waals surface area (Å²) in [4.78, 5) is 15.4. The highest BCUT2D eigenvalue weighted by molar-refractivity contribution is 7.10. The lowest BCUT2D eigenvalue weighted by atomic mass is 9.79. The molecule has 0 spiro atoms. The van der Waals surface area contributed by atoms with Crippen LogP contribution in [0.2, 0.25) is 5.02 Å². The van der Waals surface area contributed by atoms with E-state index in [-0.39, 0.29) is 29.8 Å². The fourth-order valence-corrected chi connectivity index (χ4v) is 3.54. The fourth-order valence-electron chi connectivity index (χ4n) is 2.46. The lowest BCUT2D eigenvalue weighted by molar-refractivity contribution is -0.134. The van der Waals surface area contributed by atoms with Crippen LogP contribution in [0.1, 0.15) is 31.6 Å². The van der Waals surface area contributed by atoms with Crippen LogP contribution in [0.5, 0.6) is 0 Å². The number of piperidine rings is 1. The third-order valence-corrected chi connectivity index (χ3v) is 5.22. The van der Waals surface area contributed by atoms with Crippen molar-refractivity contribution in [3.8, 4) is 0 Å². The van der Waals surface area contributed by atoms with Crippen LogP contribution in [0.3, 0.4) is 0 Å². The molecule has 1 saturated heterocycles. The summed E-state index contributed by atoms with van der Waals surface area (Å²) in [6.07, 6.45) is 2.23. The van der Waals surface area contributed by atoms with E-state index in [1.165, 1.54) is 4.88 Å². The maximum absolute atomic E-state index is 12.2. The van der Waals surface area contributed by atoms with Crippen molar-refractivity contribution < 1.29 is 4.79 Å². The molecule has 20 heavy (non-hydrogen) atoms. The van der Waals surface area contributed by atoms with Crippen LogP contribution in [0.15, 0.2) is 11.4 Å². The Balaban J connectivity index is 0.00000200. The quantitative estimate of drug-likeness (QED) is 0.919. The molecule has 1 aromatic rings. The molecule has 1 amide bonds. The van der Waals surface area contributed by atoms with Gasteiger partial charge in [0.25, 0.3) is 0 Å². The molecule has 2 N–H and O–H groups in total. The summed E-state index contributed by atoms with van der Waals surface area (Å²) in [5.41, 5.74) is 6.11. The van der Waals surface area contributed by atoms with Crippen LogP contribution in [0.25, 0.3) is 0 Å². The molecule has 3 nitrogen and oxygen atoms in total. The molecule has 0 aliphatic carbocycles. The second-order valence-electron chi connectivity index (χ2n) is 5.93. The van der Waals surface area contributed by atoms with Crippen LogP contribution in [-0.2, 0) is 11.2 Å². The number of likely N-dealkylation sites (tertiary alicyclic amines) is 1. The zero-order valence-corrected chi connectivity index (χ0v) is 14.3. The minimum Gasteiger partial charge on any atom is -0.342 e. The van der Waals surface area contributed by atoms with E-state index >= 15 is 0 Å².